The molecule has 0 saturated carbocycles. The van der Waals surface area contributed by atoms with Crippen molar-refractivity contribution in [2.24, 2.45) is 0 Å². The second-order valence-electron chi connectivity index (χ2n) is 7.75. The lowest BCUT2D eigenvalue weighted by Crippen LogP contribution is -2.06. The Bertz CT molecular complexity index is 1210. The molecule has 4 aromatic rings. The fourth-order valence-electron chi connectivity index (χ4n) is 4.11. The maximum atomic E-state index is 10.9. The molecule has 4 aromatic carbocycles. The molecule has 0 aliphatic carbocycles. The molecule has 0 fully saturated rings. The second-order valence-corrected chi connectivity index (χ2v) is 7.75. The summed E-state index contributed by atoms with van der Waals surface area (Å²) in [7, 11) is 0. The van der Waals surface area contributed by atoms with E-state index in [1.807, 2.05) is 24.3 Å². The van der Waals surface area contributed by atoms with Crippen molar-refractivity contribution in [1.82, 2.24) is 0 Å². The minimum atomic E-state index is 0.311. The fourth-order valence-corrected chi connectivity index (χ4v) is 4.11. The summed E-state index contributed by atoms with van der Waals surface area (Å²) < 4.78 is 0. The number of phenols is 1. The number of fused-ring (bicyclic) bond motifs is 2. The van der Waals surface area contributed by atoms with Crippen LogP contribution in [0.15, 0.2) is 84.4 Å². The van der Waals surface area contributed by atoms with Gasteiger partial charge < -0.3 is 10.4 Å². The molecule has 0 spiro atoms. The van der Waals surface area contributed by atoms with Gasteiger partial charge >= 0.3 is 0 Å². The summed E-state index contributed by atoms with van der Waals surface area (Å²) >= 11 is 0. The first-order valence-corrected chi connectivity index (χ1v) is 10.9. The van der Waals surface area contributed by atoms with Crippen LogP contribution in [0.5, 0.6) is 5.75 Å². The number of anilines is 1. The van der Waals surface area contributed by atoms with Crippen molar-refractivity contribution < 1.29 is 5.11 Å². The van der Waals surface area contributed by atoms with E-state index in [2.05, 4.69) is 73.8 Å². The number of hydrogen-bond donors (Lipinski definition) is 2. The zero-order valence-corrected chi connectivity index (χ0v) is 17.8. The fraction of sp³-hybridized carbons (Fsp3) is 0.214. The highest BCUT2D eigenvalue weighted by atomic mass is 16.3. The molecule has 30 heavy (non-hydrogen) atoms. The van der Waals surface area contributed by atoms with Crippen LogP contribution in [0.3, 0.4) is 0 Å². The van der Waals surface area contributed by atoms with Crippen LogP contribution in [0.25, 0.3) is 32.7 Å². The summed E-state index contributed by atoms with van der Waals surface area (Å²) in [5, 5.41) is 19.1. The maximum Gasteiger partial charge on any atom is 0.124 e. The Kier molecular flexibility index (Phi) is 6.04. The third kappa shape index (κ3) is 3.91. The number of unbranched alkanes of at least 4 members (excludes halogenated alkanes) is 1. The van der Waals surface area contributed by atoms with E-state index < -0.39 is 0 Å². The highest BCUT2D eigenvalue weighted by Gasteiger charge is 2.16. The topological polar surface area (TPSA) is 32.3 Å². The molecule has 0 bridgehead atoms. The third-order valence-corrected chi connectivity index (χ3v) is 5.77. The van der Waals surface area contributed by atoms with E-state index in [0.717, 1.165) is 58.8 Å². The number of hydrogen-bond acceptors (Lipinski definition) is 2. The van der Waals surface area contributed by atoms with E-state index in [-0.39, 0.29) is 0 Å². The lowest BCUT2D eigenvalue weighted by atomic mass is 9.91. The van der Waals surface area contributed by atoms with Crippen LogP contribution in [-0.2, 0) is 0 Å². The van der Waals surface area contributed by atoms with E-state index in [1.165, 1.54) is 11.0 Å². The van der Waals surface area contributed by atoms with Crippen LogP contribution in [0.1, 0.15) is 33.1 Å². The predicted molar refractivity (Wildman–Crippen MR) is 130 cm³/mol. The van der Waals surface area contributed by atoms with Gasteiger partial charge in [-0.1, -0.05) is 92.6 Å². The normalized spacial score (nSPS) is 11.9. The number of allylic oxidation sites excluding steroid dienone is 1. The maximum absolute atomic E-state index is 10.9. The lowest BCUT2D eigenvalue weighted by Gasteiger charge is -2.19. The van der Waals surface area contributed by atoms with E-state index in [0.29, 0.717) is 5.75 Å². The monoisotopic (exact) mass is 395 g/mol. The second kappa shape index (κ2) is 9.04. The van der Waals surface area contributed by atoms with Gasteiger partial charge in [0.2, 0.25) is 0 Å². The van der Waals surface area contributed by atoms with E-state index >= 15 is 0 Å². The molecule has 2 N–H and O–H groups in total. The van der Waals surface area contributed by atoms with Crippen molar-refractivity contribution in [3.8, 4) is 16.9 Å². The highest BCUT2D eigenvalue weighted by molar-refractivity contribution is 6.11. The van der Waals surface area contributed by atoms with Gasteiger partial charge in [-0.15, -0.1) is 0 Å². The van der Waals surface area contributed by atoms with Gasteiger partial charge in [-0.05, 0) is 46.5 Å². The van der Waals surface area contributed by atoms with Crippen molar-refractivity contribution in [2.75, 3.05) is 11.9 Å². The smallest absolute Gasteiger partial charge is 0.124 e. The van der Waals surface area contributed by atoms with Gasteiger partial charge in [0.05, 0.1) is 0 Å². The molecule has 0 atom stereocenters. The molecule has 0 unspecified atom stereocenters. The van der Waals surface area contributed by atoms with Gasteiger partial charge in [-0.2, -0.15) is 0 Å². The molecular formula is C28H29NO. The first kappa shape index (κ1) is 20.0. The molecule has 0 aromatic heterocycles. The Labute approximate surface area is 178 Å². The van der Waals surface area contributed by atoms with Crippen LogP contribution in [0.4, 0.5) is 5.69 Å². The average molecular weight is 396 g/mol. The molecule has 0 radical (unpaired) electrons. The van der Waals surface area contributed by atoms with Gasteiger partial charge in [0.15, 0.2) is 0 Å². The SMILES string of the molecule is CCC/C=C(/CC)CNc1ccc2ccccc2c1-c1c(O)ccc2ccccc12. The Balaban J connectivity index is 1.91. The number of phenolic OH excluding ortho intramolecular Hbond substituents is 1. The van der Waals surface area contributed by atoms with Gasteiger partial charge in [-0.3, -0.25) is 0 Å². The number of benzene rings is 4. The quantitative estimate of drug-likeness (QED) is 0.312. The zero-order valence-electron chi connectivity index (χ0n) is 17.8. The first-order valence-electron chi connectivity index (χ1n) is 10.9. The van der Waals surface area contributed by atoms with E-state index in [9.17, 15) is 5.11 Å². The average Bonchev–Trinajstić information content (AvgIpc) is 2.79. The Morgan fingerprint density at radius 2 is 1.43 bits per heavy atom. The Morgan fingerprint density at radius 3 is 2.10 bits per heavy atom. The van der Waals surface area contributed by atoms with E-state index in [1.54, 1.807) is 0 Å². The van der Waals surface area contributed by atoms with Crippen LogP contribution in [0.2, 0.25) is 0 Å². The molecule has 152 valence electrons. The Hall–Kier alpha value is -3.26. The highest BCUT2D eigenvalue weighted by Crippen LogP contribution is 2.44. The first-order chi connectivity index (χ1) is 14.7. The minimum absolute atomic E-state index is 0.311. The summed E-state index contributed by atoms with van der Waals surface area (Å²) in [6.07, 6.45) is 5.66. The van der Waals surface area contributed by atoms with Gasteiger partial charge in [0.25, 0.3) is 0 Å². The largest absolute Gasteiger partial charge is 0.507 e. The summed E-state index contributed by atoms with van der Waals surface area (Å²) in [6, 6.07) is 24.8. The summed E-state index contributed by atoms with van der Waals surface area (Å²) in [4.78, 5) is 0. The van der Waals surface area contributed by atoms with Crippen molar-refractivity contribution in [1.29, 1.82) is 0 Å². The van der Waals surface area contributed by atoms with Crippen LogP contribution in [0, 0.1) is 0 Å². The number of nitrogens with one attached hydrogen (secondary N) is 1. The molecule has 0 saturated heterocycles. The third-order valence-electron chi connectivity index (χ3n) is 5.77. The van der Waals surface area contributed by atoms with Gasteiger partial charge in [0.1, 0.15) is 5.75 Å². The van der Waals surface area contributed by atoms with Crippen molar-refractivity contribution in [3.63, 3.8) is 0 Å². The molecule has 0 aliphatic rings. The molecule has 2 heteroatoms. The molecule has 0 heterocycles. The summed E-state index contributed by atoms with van der Waals surface area (Å²) in [5.74, 6) is 0.311. The molecule has 0 amide bonds. The van der Waals surface area contributed by atoms with Crippen LogP contribution < -0.4 is 5.32 Å². The summed E-state index contributed by atoms with van der Waals surface area (Å²) in [5.41, 5.74) is 4.42. The minimum Gasteiger partial charge on any atom is -0.507 e. The Morgan fingerprint density at radius 1 is 0.800 bits per heavy atom. The molecular weight excluding hydrogens is 366 g/mol. The van der Waals surface area contributed by atoms with Crippen molar-refractivity contribution in [3.05, 3.63) is 84.4 Å². The van der Waals surface area contributed by atoms with Crippen molar-refractivity contribution >= 4 is 27.2 Å². The van der Waals surface area contributed by atoms with Crippen molar-refractivity contribution in [2.45, 2.75) is 33.1 Å². The van der Waals surface area contributed by atoms with Crippen LogP contribution in [-0.4, -0.2) is 11.7 Å². The lowest BCUT2D eigenvalue weighted by molar-refractivity contribution is 0.478. The van der Waals surface area contributed by atoms with Crippen LogP contribution >= 0.6 is 0 Å². The summed E-state index contributed by atoms with van der Waals surface area (Å²) in [6.45, 7) is 5.23. The molecule has 2 nitrogen and oxygen atoms in total. The standard InChI is InChI=1S/C28H29NO/c1-3-5-10-20(4-2)19-29-25-17-15-21-11-6-8-13-23(21)27(25)28-24-14-9-7-12-22(24)16-18-26(28)30/h6-18,29-30H,3-5,19H2,1-2H3/b20-10-. The van der Waals surface area contributed by atoms with Gasteiger partial charge in [0, 0.05) is 23.4 Å². The zero-order chi connectivity index (χ0) is 20.9. The van der Waals surface area contributed by atoms with E-state index in [4.69, 9.17) is 0 Å². The molecule has 4 rings (SSSR count). The number of aromatic hydroxyl groups is 1. The predicted octanol–water partition coefficient (Wildman–Crippen LogP) is 7.91. The molecule has 0 aliphatic heterocycles. The van der Waals surface area contributed by atoms with Gasteiger partial charge in [-0.25, -0.2) is 0 Å². The number of rotatable bonds is 7.